The number of benzene rings is 1. The van der Waals surface area contributed by atoms with E-state index in [1.54, 1.807) is 12.1 Å². The van der Waals surface area contributed by atoms with Crippen LogP contribution in [0.5, 0.6) is 0 Å². The van der Waals surface area contributed by atoms with E-state index in [1.165, 1.54) is 18.5 Å². The third-order valence-corrected chi connectivity index (χ3v) is 2.75. The molecule has 19 heavy (non-hydrogen) atoms. The van der Waals surface area contributed by atoms with Crippen LogP contribution in [0.1, 0.15) is 18.3 Å². The molecule has 0 unspecified atom stereocenters. The lowest BCUT2D eigenvalue weighted by molar-refractivity contribution is -0.384. The van der Waals surface area contributed by atoms with Crippen LogP contribution in [0, 0.1) is 10.1 Å². The second kappa shape index (κ2) is 6.05. The van der Waals surface area contributed by atoms with E-state index in [4.69, 9.17) is 0 Å². The Morgan fingerprint density at radius 2 is 2.05 bits per heavy atom. The first-order chi connectivity index (χ1) is 9.20. The third kappa shape index (κ3) is 3.35. The monoisotopic (exact) mass is 261 g/mol. The van der Waals surface area contributed by atoms with Gasteiger partial charge in [-0.25, -0.2) is 9.67 Å². The molecule has 0 aliphatic carbocycles. The Morgan fingerprint density at radius 3 is 2.68 bits per heavy atom. The van der Waals surface area contributed by atoms with Gasteiger partial charge in [-0.05, 0) is 12.5 Å². The summed E-state index contributed by atoms with van der Waals surface area (Å²) in [5, 5.41) is 17.8. The van der Waals surface area contributed by atoms with Crippen molar-refractivity contribution in [3.8, 4) is 0 Å². The lowest BCUT2D eigenvalue weighted by Gasteiger charge is -2.05. The number of nitrogens with zero attached hydrogens (tertiary/aromatic N) is 4. The van der Waals surface area contributed by atoms with Crippen LogP contribution < -0.4 is 5.32 Å². The maximum atomic E-state index is 10.5. The Kier molecular flexibility index (Phi) is 4.19. The topological polar surface area (TPSA) is 85.9 Å². The molecule has 0 aliphatic rings. The van der Waals surface area contributed by atoms with Crippen molar-refractivity contribution in [1.29, 1.82) is 0 Å². The standard InChI is InChI=1S/C12H15N5O2/c1-2-16-12(14-9-15-16)8-13-7-10-3-5-11(6-4-10)17(18)19/h3-6,9,13H,2,7-8H2,1H3. The summed E-state index contributed by atoms with van der Waals surface area (Å²) < 4.78 is 1.82. The van der Waals surface area contributed by atoms with E-state index in [0.717, 1.165) is 17.9 Å². The predicted octanol–water partition coefficient (Wildman–Crippen LogP) is 1.50. The normalized spacial score (nSPS) is 10.6. The van der Waals surface area contributed by atoms with Crippen LogP contribution in [0.4, 0.5) is 5.69 Å². The number of aromatic nitrogens is 3. The van der Waals surface area contributed by atoms with Gasteiger partial charge in [0, 0.05) is 25.2 Å². The molecule has 2 aromatic rings. The van der Waals surface area contributed by atoms with Crippen LogP contribution in [0.3, 0.4) is 0 Å². The molecule has 0 saturated carbocycles. The molecule has 0 aliphatic heterocycles. The first kappa shape index (κ1) is 13.2. The zero-order chi connectivity index (χ0) is 13.7. The number of aryl methyl sites for hydroxylation is 1. The van der Waals surface area contributed by atoms with Gasteiger partial charge in [-0.1, -0.05) is 12.1 Å². The second-order valence-corrected chi connectivity index (χ2v) is 4.02. The van der Waals surface area contributed by atoms with Crippen LogP contribution in [-0.4, -0.2) is 19.7 Å². The summed E-state index contributed by atoms with van der Waals surface area (Å²) in [5.41, 5.74) is 1.10. The summed E-state index contributed by atoms with van der Waals surface area (Å²) in [6.07, 6.45) is 1.53. The van der Waals surface area contributed by atoms with E-state index < -0.39 is 4.92 Å². The number of nitro benzene ring substituents is 1. The molecule has 7 heteroatoms. The van der Waals surface area contributed by atoms with Crippen molar-refractivity contribution < 1.29 is 4.92 Å². The van der Waals surface area contributed by atoms with Gasteiger partial charge in [0.15, 0.2) is 0 Å². The number of hydrogen-bond donors (Lipinski definition) is 1. The van der Waals surface area contributed by atoms with E-state index in [9.17, 15) is 10.1 Å². The van der Waals surface area contributed by atoms with Gasteiger partial charge in [-0.3, -0.25) is 10.1 Å². The molecule has 1 heterocycles. The van der Waals surface area contributed by atoms with Gasteiger partial charge >= 0.3 is 0 Å². The zero-order valence-electron chi connectivity index (χ0n) is 10.6. The Balaban J connectivity index is 1.87. The van der Waals surface area contributed by atoms with Gasteiger partial charge in [-0.2, -0.15) is 5.10 Å². The minimum Gasteiger partial charge on any atom is -0.306 e. The smallest absolute Gasteiger partial charge is 0.269 e. The van der Waals surface area contributed by atoms with Crippen LogP contribution in [0.25, 0.3) is 0 Å². The number of rotatable bonds is 6. The largest absolute Gasteiger partial charge is 0.306 e. The van der Waals surface area contributed by atoms with E-state index >= 15 is 0 Å². The predicted molar refractivity (Wildman–Crippen MR) is 69.3 cm³/mol. The molecular formula is C12H15N5O2. The average molecular weight is 261 g/mol. The summed E-state index contributed by atoms with van der Waals surface area (Å²) in [5.74, 6) is 0.879. The Hall–Kier alpha value is -2.28. The van der Waals surface area contributed by atoms with Crippen LogP contribution in [0.2, 0.25) is 0 Å². The lowest BCUT2D eigenvalue weighted by atomic mass is 10.2. The summed E-state index contributed by atoms with van der Waals surface area (Å²) in [7, 11) is 0. The number of nitrogens with one attached hydrogen (secondary N) is 1. The Morgan fingerprint density at radius 1 is 1.32 bits per heavy atom. The molecule has 0 spiro atoms. The SMILES string of the molecule is CCn1ncnc1CNCc1ccc([N+](=O)[O-])cc1. The van der Waals surface area contributed by atoms with Crippen molar-refractivity contribution in [2.24, 2.45) is 0 Å². The molecule has 0 amide bonds. The maximum absolute atomic E-state index is 10.5. The van der Waals surface area contributed by atoms with E-state index in [2.05, 4.69) is 15.4 Å². The third-order valence-electron chi connectivity index (χ3n) is 2.75. The Labute approximate surface area is 110 Å². The van der Waals surface area contributed by atoms with Crippen LogP contribution >= 0.6 is 0 Å². The molecule has 0 saturated heterocycles. The van der Waals surface area contributed by atoms with Crippen molar-refractivity contribution in [1.82, 2.24) is 20.1 Å². The molecule has 0 bridgehead atoms. The van der Waals surface area contributed by atoms with Crippen molar-refractivity contribution in [3.63, 3.8) is 0 Å². The molecule has 1 N–H and O–H groups in total. The van der Waals surface area contributed by atoms with E-state index in [-0.39, 0.29) is 5.69 Å². The highest BCUT2D eigenvalue weighted by atomic mass is 16.6. The minimum atomic E-state index is -0.402. The highest BCUT2D eigenvalue weighted by molar-refractivity contribution is 5.32. The summed E-state index contributed by atoms with van der Waals surface area (Å²) in [6.45, 7) is 4.04. The van der Waals surface area contributed by atoms with E-state index in [1.807, 2.05) is 11.6 Å². The maximum Gasteiger partial charge on any atom is 0.269 e. The summed E-state index contributed by atoms with van der Waals surface area (Å²) in [4.78, 5) is 14.3. The van der Waals surface area contributed by atoms with Gasteiger partial charge in [0.05, 0.1) is 11.5 Å². The molecule has 1 aromatic carbocycles. The molecular weight excluding hydrogens is 246 g/mol. The molecule has 7 nitrogen and oxygen atoms in total. The van der Waals surface area contributed by atoms with Crippen molar-refractivity contribution in [3.05, 3.63) is 52.1 Å². The van der Waals surface area contributed by atoms with Gasteiger partial charge in [0.2, 0.25) is 0 Å². The zero-order valence-corrected chi connectivity index (χ0v) is 10.6. The fourth-order valence-corrected chi connectivity index (χ4v) is 1.74. The Bertz CT molecular complexity index is 550. The highest BCUT2D eigenvalue weighted by Gasteiger charge is 2.04. The second-order valence-electron chi connectivity index (χ2n) is 4.02. The fourth-order valence-electron chi connectivity index (χ4n) is 1.74. The molecule has 0 radical (unpaired) electrons. The van der Waals surface area contributed by atoms with Crippen molar-refractivity contribution in [2.45, 2.75) is 26.6 Å². The van der Waals surface area contributed by atoms with Gasteiger partial charge in [0.25, 0.3) is 5.69 Å². The van der Waals surface area contributed by atoms with Gasteiger partial charge < -0.3 is 5.32 Å². The van der Waals surface area contributed by atoms with Crippen molar-refractivity contribution >= 4 is 5.69 Å². The van der Waals surface area contributed by atoms with Gasteiger partial charge in [-0.15, -0.1) is 0 Å². The molecule has 2 rings (SSSR count). The molecule has 0 atom stereocenters. The van der Waals surface area contributed by atoms with Crippen molar-refractivity contribution in [2.75, 3.05) is 0 Å². The molecule has 100 valence electrons. The average Bonchev–Trinajstić information content (AvgIpc) is 2.87. The fraction of sp³-hybridized carbons (Fsp3) is 0.333. The van der Waals surface area contributed by atoms with Gasteiger partial charge in [0.1, 0.15) is 12.2 Å². The number of nitro groups is 1. The summed E-state index contributed by atoms with van der Waals surface area (Å²) in [6, 6.07) is 6.50. The molecule has 1 aromatic heterocycles. The highest BCUT2D eigenvalue weighted by Crippen LogP contribution is 2.11. The molecule has 0 fully saturated rings. The van der Waals surface area contributed by atoms with Crippen LogP contribution in [0.15, 0.2) is 30.6 Å². The summed E-state index contributed by atoms with van der Waals surface area (Å²) >= 11 is 0. The minimum absolute atomic E-state index is 0.106. The first-order valence-corrected chi connectivity index (χ1v) is 6.01. The number of non-ortho nitro benzene ring substituents is 1. The first-order valence-electron chi connectivity index (χ1n) is 6.01. The lowest BCUT2D eigenvalue weighted by Crippen LogP contribution is -2.17. The number of hydrogen-bond acceptors (Lipinski definition) is 5. The van der Waals surface area contributed by atoms with Crippen LogP contribution in [-0.2, 0) is 19.6 Å². The van der Waals surface area contributed by atoms with E-state index in [0.29, 0.717) is 13.1 Å². The quantitative estimate of drug-likeness (QED) is 0.629.